The molecule has 0 amide bonds. The van der Waals surface area contributed by atoms with E-state index < -0.39 is 0 Å². The van der Waals surface area contributed by atoms with Crippen molar-refractivity contribution in [1.82, 2.24) is 19.5 Å². The van der Waals surface area contributed by atoms with Crippen LogP contribution < -0.4 is 4.74 Å². The van der Waals surface area contributed by atoms with Crippen LogP contribution in [-0.2, 0) is 0 Å². The fraction of sp³-hybridized carbons (Fsp3) is 0.450. The highest BCUT2D eigenvalue weighted by molar-refractivity contribution is 6.35. The maximum atomic E-state index is 6.21. The molecule has 2 atom stereocenters. The zero-order chi connectivity index (χ0) is 18.4. The van der Waals surface area contributed by atoms with Gasteiger partial charge in [0.1, 0.15) is 10.8 Å². The molecule has 2 aliphatic rings. The number of hydrogen-bond acceptors (Lipinski definition) is 4. The molecule has 0 spiro atoms. The molecule has 2 fully saturated rings. The second-order valence-electron chi connectivity index (χ2n) is 7.59. The standard InChI is InChI=1S/C20H20Cl2N4O/c21-18-16-6-8-26(19(16)25-20(22)24-18)15-4-3-13(9-15)14-5-7-23-17(10-14)27-11-12-1-2-12/h5-8,10,12-13,15H,1-4,9,11H2. The first-order valence-corrected chi connectivity index (χ1v) is 10.2. The predicted octanol–water partition coefficient (Wildman–Crippen LogP) is 5.43. The largest absolute Gasteiger partial charge is 0.477 e. The minimum Gasteiger partial charge on any atom is -0.477 e. The lowest BCUT2D eigenvalue weighted by molar-refractivity contribution is 0.288. The van der Waals surface area contributed by atoms with Crippen molar-refractivity contribution in [2.45, 2.75) is 44.1 Å². The molecule has 7 heteroatoms. The summed E-state index contributed by atoms with van der Waals surface area (Å²) in [5.74, 6) is 1.97. The molecule has 5 rings (SSSR count). The van der Waals surface area contributed by atoms with Crippen LogP contribution in [0.1, 0.15) is 49.6 Å². The molecule has 2 aliphatic carbocycles. The third kappa shape index (κ3) is 3.50. The predicted molar refractivity (Wildman–Crippen MR) is 106 cm³/mol. The van der Waals surface area contributed by atoms with Crippen LogP contribution in [0, 0.1) is 5.92 Å². The second kappa shape index (κ2) is 6.95. The molecule has 140 valence electrons. The van der Waals surface area contributed by atoms with E-state index in [2.05, 4.69) is 31.7 Å². The number of fused-ring (bicyclic) bond motifs is 1. The number of halogens is 2. The number of pyridine rings is 1. The Morgan fingerprint density at radius 1 is 1.11 bits per heavy atom. The van der Waals surface area contributed by atoms with Gasteiger partial charge in [-0.2, -0.15) is 4.98 Å². The van der Waals surface area contributed by atoms with Crippen molar-refractivity contribution in [1.29, 1.82) is 0 Å². The van der Waals surface area contributed by atoms with Crippen LogP contribution in [0.3, 0.4) is 0 Å². The lowest BCUT2D eigenvalue weighted by Crippen LogP contribution is -2.06. The van der Waals surface area contributed by atoms with E-state index in [0.717, 1.165) is 48.7 Å². The zero-order valence-electron chi connectivity index (χ0n) is 14.8. The molecule has 0 aliphatic heterocycles. The van der Waals surface area contributed by atoms with Crippen molar-refractivity contribution in [3.05, 3.63) is 46.6 Å². The van der Waals surface area contributed by atoms with Gasteiger partial charge in [0.2, 0.25) is 11.2 Å². The van der Waals surface area contributed by atoms with Gasteiger partial charge in [-0.25, -0.2) is 9.97 Å². The summed E-state index contributed by atoms with van der Waals surface area (Å²) in [6, 6.07) is 6.57. The van der Waals surface area contributed by atoms with Gasteiger partial charge >= 0.3 is 0 Å². The van der Waals surface area contributed by atoms with E-state index >= 15 is 0 Å². The van der Waals surface area contributed by atoms with Gasteiger partial charge in [0.15, 0.2) is 0 Å². The van der Waals surface area contributed by atoms with Gasteiger partial charge < -0.3 is 9.30 Å². The highest BCUT2D eigenvalue weighted by atomic mass is 35.5. The van der Waals surface area contributed by atoms with Crippen molar-refractivity contribution in [3.63, 3.8) is 0 Å². The fourth-order valence-corrected chi connectivity index (χ4v) is 4.46. The first-order chi connectivity index (χ1) is 13.2. The van der Waals surface area contributed by atoms with E-state index in [4.69, 9.17) is 27.9 Å². The maximum absolute atomic E-state index is 6.21. The van der Waals surface area contributed by atoms with Crippen molar-refractivity contribution < 1.29 is 4.74 Å². The molecule has 3 aromatic rings. The first-order valence-electron chi connectivity index (χ1n) is 9.45. The Balaban J connectivity index is 1.35. The van der Waals surface area contributed by atoms with Gasteiger partial charge in [-0.15, -0.1) is 0 Å². The summed E-state index contributed by atoms with van der Waals surface area (Å²) in [5, 5.41) is 1.45. The topological polar surface area (TPSA) is 52.8 Å². The Bertz CT molecular complexity index is 985. The van der Waals surface area contributed by atoms with E-state index in [1.165, 1.54) is 18.4 Å². The van der Waals surface area contributed by atoms with Crippen LogP contribution >= 0.6 is 23.2 Å². The molecule has 3 heterocycles. The second-order valence-corrected chi connectivity index (χ2v) is 8.29. The molecular formula is C20H20Cl2N4O. The van der Waals surface area contributed by atoms with Crippen LogP contribution in [0.4, 0.5) is 0 Å². The summed E-state index contributed by atoms with van der Waals surface area (Å²) in [7, 11) is 0. The molecule has 5 nitrogen and oxygen atoms in total. The van der Waals surface area contributed by atoms with E-state index in [1.807, 2.05) is 18.5 Å². The Morgan fingerprint density at radius 3 is 2.85 bits per heavy atom. The normalized spacial score (nSPS) is 22.4. The van der Waals surface area contributed by atoms with E-state index in [9.17, 15) is 0 Å². The zero-order valence-corrected chi connectivity index (χ0v) is 16.3. The van der Waals surface area contributed by atoms with E-state index in [-0.39, 0.29) is 5.28 Å². The third-order valence-electron chi connectivity index (χ3n) is 5.69. The molecule has 2 unspecified atom stereocenters. The monoisotopic (exact) mass is 402 g/mol. The van der Waals surface area contributed by atoms with Crippen LogP contribution in [0.15, 0.2) is 30.6 Å². The molecule has 3 aromatic heterocycles. The van der Waals surface area contributed by atoms with Gasteiger partial charge in [0.25, 0.3) is 0 Å². The third-order valence-corrected chi connectivity index (χ3v) is 6.15. The van der Waals surface area contributed by atoms with Gasteiger partial charge in [0.05, 0.1) is 12.0 Å². The average Bonchev–Trinajstić information content (AvgIpc) is 3.19. The highest BCUT2D eigenvalue weighted by Gasteiger charge is 2.29. The van der Waals surface area contributed by atoms with Crippen LogP contribution in [0.2, 0.25) is 10.4 Å². The van der Waals surface area contributed by atoms with Crippen molar-refractivity contribution in [2.75, 3.05) is 6.61 Å². The molecule has 0 N–H and O–H groups in total. The molecule has 27 heavy (non-hydrogen) atoms. The van der Waals surface area contributed by atoms with Crippen molar-refractivity contribution in [2.24, 2.45) is 5.92 Å². The minimum absolute atomic E-state index is 0.189. The average molecular weight is 403 g/mol. The van der Waals surface area contributed by atoms with Crippen molar-refractivity contribution in [3.8, 4) is 5.88 Å². The molecular weight excluding hydrogens is 383 g/mol. The Hall–Kier alpha value is -1.85. The highest BCUT2D eigenvalue weighted by Crippen LogP contribution is 2.43. The van der Waals surface area contributed by atoms with E-state index in [1.54, 1.807) is 0 Å². The van der Waals surface area contributed by atoms with Crippen LogP contribution in [0.25, 0.3) is 11.0 Å². The summed E-state index contributed by atoms with van der Waals surface area (Å²) in [5.41, 5.74) is 2.12. The Morgan fingerprint density at radius 2 is 2.00 bits per heavy atom. The number of nitrogens with zero attached hydrogens (tertiary/aromatic N) is 4. The smallest absolute Gasteiger partial charge is 0.225 e. The fourth-order valence-electron chi connectivity index (χ4n) is 4.02. The maximum Gasteiger partial charge on any atom is 0.225 e. The van der Waals surface area contributed by atoms with Gasteiger partial charge in [-0.3, -0.25) is 0 Å². The van der Waals surface area contributed by atoms with Crippen molar-refractivity contribution >= 4 is 34.2 Å². The number of ether oxygens (including phenoxy) is 1. The summed E-state index contributed by atoms with van der Waals surface area (Å²) < 4.78 is 8.05. The molecule has 2 saturated carbocycles. The summed E-state index contributed by atoms with van der Waals surface area (Å²) in [6.45, 7) is 0.792. The van der Waals surface area contributed by atoms with Gasteiger partial charge in [-0.1, -0.05) is 11.6 Å². The Kier molecular flexibility index (Phi) is 4.44. The molecule has 0 aromatic carbocycles. The molecule has 0 radical (unpaired) electrons. The quantitative estimate of drug-likeness (QED) is 0.421. The summed E-state index contributed by atoms with van der Waals surface area (Å²) >= 11 is 12.2. The molecule has 0 saturated heterocycles. The molecule has 0 bridgehead atoms. The van der Waals surface area contributed by atoms with E-state index in [0.29, 0.717) is 17.1 Å². The minimum atomic E-state index is 0.189. The SMILES string of the molecule is Clc1nc(Cl)c2ccn(C3CCC(c4ccnc(OCC5CC5)c4)C3)c2n1. The Labute approximate surface area is 167 Å². The van der Waals surface area contributed by atoms with Crippen LogP contribution in [0.5, 0.6) is 5.88 Å². The summed E-state index contributed by atoms with van der Waals surface area (Å²) in [4.78, 5) is 12.8. The van der Waals surface area contributed by atoms with Gasteiger partial charge in [0, 0.05) is 24.5 Å². The van der Waals surface area contributed by atoms with Gasteiger partial charge in [-0.05, 0) is 73.2 Å². The lowest BCUT2D eigenvalue weighted by Gasteiger charge is -2.15. The first kappa shape index (κ1) is 17.3. The summed E-state index contributed by atoms with van der Waals surface area (Å²) in [6.07, 6.45) is 9.75. The van der Waals surface area contributed by atoms with Crippen LogP contribution in [-0.4, -0.2) is 26.1 Å². The lowest BCUT2D eigenvalue weighted by atomic mass is 9.98. The number of hydrogen-bond donors (Lipinski definition) is 0. The number of aromatic nitrogens is 4. The number of rotatable bonds is 5.